The summed E-state index contributed by atoms with van der Waals surface area (Å²) < 4.78 is 57.6. The molecule has 0 fully saturated rings. The van der Waals surface area contributed by atoms with E-state index in [2.05, 4.69) is 5.32 Å². The first-order valence-corrected chi connectivity index (χ1v) is 18.1. The third kappa shape index (κ3) is 9.66. The molecule has 52 heavy (non-hydrogen) atoms. The Labute approximate surface area is 306 Å². The van der Waals surface area contributed by atoms with Gasteiger partial charge in [0.15, 0.2) is 11.5 Å². The van der Waals surface area contributed by atoms with Crippen molar-refractivity contribution in [2.45, 2.75) is 37.8 Å². The zero-order valence-corrected chi connectivity index (χ0v) is 31.4. The lowest BCUT2D eigenvalue weighted by molar-refractivity contribution is -0.140. The molecular formula is C39H47N3O9S. The molecule has 4 aromatic carbocycles. The molecule has 0 heterocycles. The zero-order chi connectivity index (χ0) is 37.8. The van der Waals surface area contributed by atoms with Gasteiger partial charge in [0.2, 0.25) is 11.8 Å². The molecule has 0 radical (unpaired) electrons. The van der Waals surface area contributed by atoms with E-state index in [-0.39, 0.29) is 46.9 Å². The summed E-state index contributed by atoms with van der Waals surface area (Å²) in [6.45, 7) is 3.61. The Morgan fingerprint density at radius 3 is 1.96 bits per heavy atom. The average molecular weight is 734 g/mol. The Morgan fingerprint density at radius 2 is 1.33 bits per heavy atom. The number of carbonyl (C=O) groups excluding carboxylic acids is 2. The zero-order valence-electron chi connectivity index (χ0n) is 30.6. The van der Waals surface area contributed by atoms with Crippen LogP contribution < -0.4 is 33.3 Å². The Morgan fingerprint density at radius 1 is 0.692 bits per heavy atom. The van der Waals surface area contributed by atoms with Gasteiger partial charge in [0, 0.05) is 31.6 Å². The van der Waals surface area contributed by atoms with Crippen LogP contribution in [0.2, 0.25) is 0 Å². The first-order valence-electron chi connectivity index (χ1n) is 16.7. The van der Waals surface area contributed by atoms with Crippen LogP contribution in [0.25, 0.3) is 0 Å². The summed E-state index contributed by atoms with van der Waals surface area (Å²) >= 11 is 0. The van der Waals surface area contributed by atoms with Crippen LogP contribution in [-0.2, 0) is 32.6 Å². The van der Waals surface area contributed by atoms with Gasteiger partial charge in [-0.05, 0) is 53.4 Å². The normalized spacial score (nSPS) is 11.7. The highest BCUT2D eigenvalue weighted by atomic mass is 32.2. The van der Waals surface area contributed by atoms with Crippen LogP contribution in [-0.4, -0.2) is 79.8 Å². The van der Waals surface area contributed by atoms with Gasteiger partial charge in [-0.2, -0.15) is 0 Å². The van der Waals surface area contributed by atoms with Gasteiger partial charge in [-0.1, -0.05) is 56.3 Å². The first-order chi connectivity index (χ1) is 24.9. The molecule has 0 bridgehead atoms. The minimum absolute atomic E-state index is 0.0257. The second kappa shape index (κ2) is 18.2. The molecule has 0 saturated heterocycles. The molecule has 2 amide bonds. The van der Waals surface area contributed by atoms with E-state index in [1.54, 1.807) is 30.3 Å². The molecule has 13 heteroatoms. The van der Waals surface area contributed by atoms with Crippen LogP contribution >= 0.6 is 0 Å². The number of amides is 2. The number of carbonyl (C=O) groups is 2. The molecule has 0 saturated carbocycles. The maximum Gasteiger partial charge on any atom is 0.265 e. The van der Waals surface area contributed by atoms with Gasteiger partial charge in [0.25, 0.3) is 10.0 Å². The van der Waals surface area contributed by atoms with Crippen molar-refractivity contribution in [2.24, 2.45) is 5.92 Å². The number of ether oxygens (including phenoxy) is 5. The Hall–Kier alpha value is -5.43. The van der Waals surface area contributed by atoms with Crippen LogP contribution in [0.1, 0.15) is 25.0 Å². The summed E-state index contributed by atoms with van der Waals surface area (Å²) in [6, 6.07) is 24.3. The standard InChI is InChI=1S/C39H47N3O9S/c1-27(2)24-40-39(44)34(21-28-12-9-8-10-13-28)41(25-29-14-11-15-30(20-29)47-3)38(43)26-42(33-22-31(48-4)16-18-35(33)49-5)52(45,46)32-17-19-36(50-6)37(23-32)51-7/h8-20,22-23,27,34H,21,24-26H2,1-7H3,(H,40,44)/t34-/m0/s1. The maximum absolute atomic E-state index is 14.9. The largest absolute Gasteiger partial charge is 0.497 e. The van der Waals surface area contributed by atoms with E-state index < -0.39 is 28.5 Å². The second-order valence-corrected chi connectivity index (χ2v) is 14.1. The van der Waals surface area contributed by atoms with Gasteiger partial charge in [-0.25, -0.2) is 8.42 Å². The minimum Gasteiger partial charge on any atom is -0.497 e. The van der Waals surface area contributed by atoms with Gasteiger partial charge in [0.1, 0.15) is 29.8 Å². The lowest BCUT2D eigenvalue weighted by atomic mass is 10.0. The predicted octanol–water partition coefficient (Wildman–Crippen LogP) is 5.34. The quantitative estimate of drug-likeness (QED) is 0.144. The number of benzene rings is 4. The van der Waals surface area contributed by atoms with Crippen LogP contribution in [0.15, 0.2) is 95.9 Å². The monoisotopic (exact) mass is 733 g/mol. The fraction of sp³-hybridized carbons (Fsp3) is 0.333. The summed E-state index contributed by atoms with van der Waals surface area (Å²) in [5, 5.41) is 2.99. The summed E-state index contributed by atoms with van der Waals surface area (Å²) in [5.74, 6) is 0.700. The molecule has 1 N–H and O–H groups in total. The lowest BCUT2D eigenvalue weighted by Gasteiger charge is -2.34. The SMILES string of the molecule is COc1cccc(CN(C(=O)CN(c2cc(OC)ccc2OC)S(=O)(=O)c2ccc(OC)c(OC)c2)[C@@H](Cc2ccccc2)C(=O)NCC(C)C)c1. The number of hydrogen-bond donors (Lipinski definition) is 1. The first kappa shape index (κ1) is 39.4. The summed E-state index contributed by atoms with van der Waals surface area (Å²) in [4.78, 5) is 30.2. The second-order valence-electron chi connectivity index (χ2n) is 12.3. The highest BCUT2D eigenvalue weighted by Crippen LogP contribution is 2.38. The van der Waals surface area contributed by atoms with E-state index in [0.29, 0.717) is 29.4 Å². The van der Waals surface area contributed by atoms with Gasteiger partial charge >= 0.3 is 0 Å². The Balaban J connectivity index is 1.90. The Bertz CT molecular complexity index is 1920. The van der Waals surface area contributed by atoms with Crippen molar-refractivity contribution < 1.29 is 41.7 Å². The molecule has 1 atom stereocenters. The van der Waals surface area contributed by atoms with Crippen molar-refractivity contribution in [3.05, 3.63) is 102 Å². The summed E-state index contributed by atoms with van der Waals surface area (Å²) in [7, 11) is 2.72. The molecular weight excluding hydrogens is 687 g/mol. The molecule has 0 unspecified atom stereocenters. The van der Waals surface area contributed by atoms with E-state index in [1.165, 1.54) is 64.7 Å². The van der Waals surface area contributed by atoms with Crippen LogP contribution in [0.4, 0.5) is 5.69 Å². The van der Waals surface area contributed by atoms with Crippen molar-refractivity contribution in [3.63, 3.8) is 0 Å². The van der Waals surface area contributed by atoms with Crippen LogP contribution in [0.5, 0.6) is 28.7 Å². The number of methoxy groups -OCH3 is 5. The third-order valence-electron chi connectivity index (χ3n) is 8.32. The highest BCUT2D eigenvalue weighted by molar-refractivity contribution is 7.92. The minimum atomic E-state index is -4.51. The number of nitrogens with one attached hydrogen (secondary N) is 1. The number of nitrogens with zero attached hydrogens (tertiary/aromatic N) is 2. The van der Waals surface area contributed by atoms with Gasteiger partial charge in [0.05, 0.1) is 46.1 Å². The number of rotatable bonds is 18. The summed E-state index contributed by atoms with van der Waals surface area (Å²) in [6.07, 6.45) is 0.172. The van der Waals surface area contributed by atoms with E-state index in [4.69, 9.17) is 23.7 Å². The van der Waals surface area contributed by atoms with Crippen molar-refractivity contribution in [3.8, 4) is 28.7 Å². The Kier molecular flexibility index (Phi) is 13.8. The predicted molar refractivity (Wildman–Crippen MR) is 199 cm³/mol. The molecule has 0 spiro atoms. The maximum atomic E-state index is 14.9. The van der Waals surface area contributed by atoms with Gasteiger partial charge in [-0.15, -0.1) is 0 Å². The smallest absolute Gasteiger partial charge is 0.265 e. The van der Waals surface area contributed by atoms with Crippen molar-refractivity contribution in [1.82, 2.24) is 10.2 Å². The van der Waals surface area contributed by atoms with Crippen molar-refractivity contribution in [2.75, 3.05) is 52.9 Å². The number of sulfonamides is 1. The average Bonchev–Trinajstić information content (AvgIpc) is 3.16. The molecule has 4 rings (SSSR count). The number of hydrogen-bond acceptors (Lipinski definition) is 9. The lowest BCUT2D eigenvalue weighted by Crippen LogP contribution is -2.53. The third-order valence-corrected chi connectivity index (χ3v) is 10.1. The van der Waals surface area contributed by atoms with E-state index in [9.17, 15) is 18.0 Å². The van der Waals surface area contributed by atoms with E-state index in [0.717, 1.165) is 9.87 Å². The van der Waals surface area contributed by atoms with Crippen molar-refractivity contribution >= 4 is 27.5 Å². The summed E-state index contributed by atoms with van der Waals surface area (Å²) in [5.41, 5.74) is 1.55. The molecule has 12 nitrogen and oxygen atoms in total. The molecule has 0 aromatic heterocycles. The van der Waals surface area contributed by atoms with Crippen LogP contribution in [0.3, 0.4) is 0 Å². The molecule has 0 aliphatic carbocycles. The molecule has 4 aromatic rings. The van der Waals surface area contributed by atoms with Gasteiger partial charge in [-0.3, -0.25) is 13.9 Å². The topological polar surface area (TPSA) is 133 Å². The van der Waals surface area contributed by atoms with Gasteiger partial charge < -0.3 is 33.9 Å². The van der Waals surface area contributed by atoms with E-state index in [1.807, 2.05) is 50.2 Å². The van der Waals surface area contributed by atoms with Crippen LogP contribution in [0, 0.1) is 5.92 Å². The van der Waals surface area contributed by atoms with E-state index >= 15 is 0 Å². The number of anilines is 1. The molecule has 0 aliphatic heterocycles. The molecule has 0 aliphatic rings. The highest BCUT2D eigenvalue weighted by Gasteiger charge is 2.36. The fourth-order valence-corrected chi connectivity index (χ4v) is 6.99. The molecule has 278 valence electrons. The van der Waals surface area contributed by atoms with Crippen molar-refractivity contribution in [1.29, 1.82) is 0 Å². The fourth-order valence-electron chi connectivity index (χ4n) is 5.55.